The first kappa shape index (κ1) is 15.2. The van der Waals surface area contributed by atoms with E-state index in [1.807, 2.05) is 43.1 Å². The Labute approximate surface area is 134 Å². The number of nitrogens with one attached hydrogen (secondary N) is 1. The van der Waals surface area contributed by atoms with Gasteiger partial charge in [0.15, 0.2) is 6.33 Å². The van der Waals surface area contributed by atoms with E-state index < -0.39 is 0 Å². The molecule has 0 atom stereocenters. The van der Waals surface area contributed by atoms with Gasteiger partial charge in [0.25, 0.3) is 0 Å². The van der Waals surface area contributed by atoms with Crippen LogP contribution in [0.3, 0.4) is 0 Å². The van der Waals surface area contributed by atoms with Crippen molar-refractivity contribution in [2.45, 2.75) is 13.5 Å². The summed E-state index contributed by atoms with van der Waals surface area (Å²) in [6, 6.07) is 10.6. The summed E-state index contributed by atoms with van der Waals surface area (Å²) in [5.74, 6) is 0.581. The van der Waals surface area contributed by atoms with Gasteiger partial charge in [-0.1, -0.05) is 30.3 Å². The maximum absolute atomic E-state index is 5.44. The lowest BCUT2D eigenvalue weighted by atomic mass is 10.2. The zero-order valence-electron chi connectivity index (χ0n) is 13.5. The largest absolute Gasteiger partial charge is 0.451 e. The van der Waals surface area contributed by atoms with E-state index in [0.29, 0.717) is 25.0 Å². The van der Waals surface area contributed by atoms with Gasteiger partial charge < -0.3 is 4.74 Å². The molecule has 7 nitrogen and oxygen atoms in total. The van der Waals surface area contributed by atoms with Crippen LogP contribution in [0.1, 0.15) is 12.5 Å². The Bertz CT molecular complexity index is 801. The van der Waals surface area contributed by atoms with Crippen LogP contribution in [0.4, 0.5) is 5.82 Å². The Kier molecular flexibility index (Phi) is 4.38. The van der Waals surface area contributed by atoms with Crippen LogP contribution in [-0.2, 0) is 18.4 Å². The molecule has 0 radical (unpaired) electrons. The monoisotopic (exact) mass is 314 g/mol. The number of hydrogen-bond acceptors (Lipinski definition) is 5. The number of nitrogens with zero attached hydrogens (tertiary/aromatic N) is 4. The topological polar surface area (TPSA) is 65.1 Å². The van der Waals surface area contributed by atoms with Crippen molar-refractivity contribution in [3.05, 3.63) is 42.2 Å². The predicted octanol–water partition coefficient (Wildman–Crippen LogP) is 1.68. The molecule has 2 aromatic heterocycles. The van der Waals surface area contributed by atoms with E-state index in [9.17, 15) is 0 Å². The quantitative estimate of drug-likeness (QED) is 0.554. The third-order valence-electron chi connectivity index (χ3n) is 3.45. The third-order valence-corrected chi connectivity index (χ3v) is 3.45. The fourth-order valence-electron chi connectivity index (χ4n) is 2.52. The van der Waals surface area contributed by atoms with Crippen LogP contribution in [0, 0.1) is 0 Å². The maximum atomic E-state index is 5.44. The van der Waals surface area contributed by atoms with Crippen LogP contribution in [0.5, 0.6) is 6.01 Å². The minimum Gasteiger partial charge on any atom is -0.451 e. The van der Waals surface area contributed by atoms with E-state index in [1.165, 1.54) is 5.56 Å². The lowest BCUT2D eigenvalue weighted by Crippen LogP contribution is -2.26. The second-order valence-corrected chi connectivity index (χ2v) is 5.11. The Morgan fingerprint density at radius 3 is 2.70 bits per heavy atom. The highest BCUT2D eigenvalue weighted by Gasteiger charge is 2.23. The highest BCUT2D eigenvalue weighted by Crippen LogP contribution is 2.22. The summed E-state index contributed by atoms with van der Waals surface area (Å²) in [5.41, 5.74) is 5.66. The SMILES string of the molecule is CCOc1nc(NOC)c2c(n1)[n+](C)cn2Cc1ccccc1. The summed E-state index contributed by atoms with van der Waals surface area (Å²) in [6.07, 6.45) is 1.99. The first-order valence-corrected chi connectivity index (χ1v) is 7.45. The number of hydrogen-bond donors (Lipinski definition) is 1. The molecule has 0 amide bonds. The molecule has 0 fully saturated rings. The average Bonchev–Trinajstić information content (AvgIpc) is 2.85. The van der Waals surface area contributed by atoms with Crippen molar-refractivity contribution < 1.29 is 14.1 Å². The molecule has 0 saturated heterocycles. The zero-order chi connectivity index (χ0) is 16.2. The van der Waals surface area contributed by atoms with E-state index in [1.54, 1.807) is 7.11 Å². The number of rotatable bonds is 6. The molecule has 0 bridgehead atoms. The fraction of sp³-hybridized carbons (Fsp3) is 0.312. The van der Waals surface area contributed by atoms with Gasteiger partial charge in [0.1, 0.15) is 0 Å². The van der Waals surface area contributed by atoms with Gasteiger partial charge in [0.2, 0.25) is 11.3 Å². The van der Waals surface area contributed by atoms with Crippen LogP contribution in [0.2, 0.25) is 0 Å². The average molecular weight is 314 g/mol. The lowest BCUT2D eigenvalue weighted by Gasteiger charge is -2.06. The van der Waals surface area contributed by atoms with Crippen LogP contribution < -0.4 is 14.8 Å². The van der Waals surface area contributed by atoms with E-state index in [4.69, 9.17) is 9.57 Å². The van der Waals surface area contributed by atoms with Crippen LogP contribution >= 0.6 is 0 Å². The number of fused-ring (bicyclic) bond motifs is 1. The predicted molar refractivity (Wildman–Crippen MR) is 86.0 cm³/mol. The van der Waals surface area contributed by atoms with Gasteiger partial charge >= 0.3 is 11.7 Å². The van der Waals surface area contributed by atoms with Gasteiger partial charge in [0, 0.05) is 0 Å². The van der Waals surface area contributed by atoms with Crippen LogP contribution in [-0.4, -0.2) is 28.3 Å². The van der Waals surface area contributed by atoms with E-state index >= 15 is 0 Å². The third kappa shape index (κ3) is 3.09. The molecular weight excluding hydrogens is 294 g/mol. The van der Waals surface area contributed by atoms with Crippen LogP contribution in [0.25, 0.3) is 11.2 Å². The summed E-state index contributed by atoms with van der Waals surface area (Å²) in [4.78, 5) is 13.9. The second kappa shape index (κ2) is 6.62. The standard InChI is InChI=1S/C16H20N5O2/c1-4-23-16-17-14(19-22-3)13-15(18-16)20(2)11-21(13)10-12-8-6-5-7-9-12/h5-9,11H,4,10H2,1-3H3,(H,17,18,19)/q+1. The Hall–Kier alpha value is -2.67. The molecule has 1 aromatic carbocycles. The number of imidazole rings is 1. The van der Waals surface area contributed by atoms with Crippen molar-refractivity contribution in [2.75, 3.05) is 19.2 Å². The number of ether oxygens (including phenoxy) is 1. The summed E-state index contributed by atoms with van der Waals surface area (Å²) in [7, 11) is 3.50. The smallest absolute Gasteiger partial charge is 0.397 e. The van der Waals surface area contributed by atoms with E-state index in [2.05, 4.69) is 32.1 Å². The number of anilines is 1. The molecule has 0 aliphatic carbocycles. The summed E-state index contributed by atoms with van der Waals surface area (Å²) in [6.45, 7) is 3.12. The van der Waals surface area contributed by atoms with E-state index in [0.717, 1.165) is 11.2 Å². The van der Waals surface area contributed by atoms with Crippen molar-refractivity contribution in [3.8, 4) is 6.01 Å². The van der Waals surface area contributed by atoms with E-state index in [-0.39, 0.29) is 0 Å². The molecular formula is C16H20N5O2+. The first-order valence-electron chi connectivity index (χ1n) is 7.45. The normalized spacial score (nSPS) is 10.9. The molecule has 120 valence electrons. The Morgan fingerprint density at radius 1 is 1.22 bits per heavy atom. The minimum atomic E-state index is 0.326. The van der Waals surface area contributed by atoms with Crippen LogP contribution in [0.15, 0.2) is 36.7 Å². The highest BCUT2D eigenvalue weighted by molar-refractivity contribution is 5.81. The molecule has 0 spiro atoms. The van der Waals surface area contributed by atoms with Crippen molar-refractivity contribution in [3.63, 3.8) is 0 Å². The van der Waals surface area contributed by atoms with Crippen molar-refractivity contribution >= 4 is 17.0 Å². The molecule has 1 N–H and O–H groups in total. The van der Waals surface area contributed by atoms with Gasteiger partial charge in [-0.15, -0.1) is 0 Å². The summed E-state index contributed by atoms with van der Waals surface area (Å²) in [5, 5.41) is 0. The van der Waals surface area contributed by atoms with Crippen molar-refractivity contribution in [2.24, 2.45) is 7.05 Å². The number of aryl methyl sites for hydroxylation is 1. The van der Waals surface area contributed by atoms with Crippen molar-refractivity contribution in [1.29, 1.82) is 0 Å². The molecule has 7 heteroatoms. The van der Waals surface area contributed by atoms with Gasteiger partial charge in [0.05, 0.1) is 27.3 Å². The molecule has 0 aliphatic heterocycles. The Balaban J connectivity index is 2.11. The van der Waals surface area contributed by atoms with Gasteiger partial charge in [-0.05, 0) is 17.5 Å². The Morgan fingerprint density at radius 2 is 2.00 bits per heavy atom. The van der Waals surface area contributed by atoms with Gasteiger partial charge in [-0.2, -0.15) is 4.98 Å². The molecule has 3 rings (SSSR count). The summed E-state index contributed by atoms with van der Waals surface area (Å²) < 4.78 is 9.48. The van der Waals surface area contributed by atoms with Crippen molar-refractivity contribution in [1.82, 2.24) is 14.5 Å². The molecule has 0 aliphatic rings. The summed E-state index contributed by atoms with van der Waals surface area (Å²) >= 11 is 0. The minimum absolute atomic E-state index is 0.326. The molecule has 3 aromatic rings. The number of benzene rings is 1. The number of aromatic nitrogens is 4. The van der Waals surface area contributed by atoms with Gasteiger partial charge in [-0.3, -0.25) is 9.40 Å². The zero-order valence-corrected chi connectivity index (χ0v) is 13.5. The molecule has 0 saturated carbocycles. The second-order valence-electron chi connectivity index (χ2n) is 5.11. The lowest BCUT2D eigenvalue weighted by molar-refractivity contribution is -0.647. The maximum Gasteiger partial charge on any atom is 0.397 e. The van der Waals surface area contributed by atoms with Gasteiger partial charge in [-0.25, -0.2) is 10.0 Å². The highest BCUT2D eigenvalue weighted by atomic mass is 16.6. The fourth-order valence-corrected chi connectivity index (χ4v) is 2.52. The molecule has 2 heterocycles. The molecule has 0 unspecified atom stereocenters. The molecule has 23 heavy (non-hydrogen) atoms. The first-order chi connectivity index (χ1) is 11.2.